The summed E-state index contributed by atoms with van der Waals surface area (Å²) in [6.07, 6.45) is 0. The summed E-state index contributed by atoms with van der Waals surface area (Å²) in [6.45, 7) is 13.8. The second-order valence-corrected chi connectivity index (χ2v) is 19.9. The SMILES string of the molecule is C[Si](C)(C)c1ccc(-c2sc([Si](C)(C)C)cc2F)s1. The molecular formula is C14H21FS2Si2. The van der Waals surface area contributed by atoms with E-state index in [4.69, 9.17) is 0 Å². The molecule has 0 saturated carbocycles. The van der Waals surface area contributed by atoms with Crippen LogP contribution in [0.4, 0.5) is 4.39 Å². The van der Waals surface area contributed by atoms with Gasteiger partial charge in [0.15, 0.2) is 0 Å². The van der Waals surface area contributed by atoms with Gasteiger partial charge in [0.1, 0.15) is 5.82 Å². The smallest absolute Gasteiger partial charge is 0.142 e. The lowest BCUT2D eigenvalue weighted by Crippen LogP contribution is -2.34. The summed E-state index contributed by atoms with van der Waals surface area (Å²) in [5.41, 5.74) is 0. The van der Waals surface area contributed by atoms with E-state index in [1.165, 1.54) is 9.00 Å². The average Bonchev–Trinajstić information content (AvgIpc) is 2.80. The van der Waals surface area contributed by atoms with E-state index in [9.17, 15) is 4.39 Å². The zero-order valence-corrected chi connectivity index (χ0v) is 16.1. The molecule has 0 N–H and O–H groups in total. The Bertz CT molecular complexity index is 585. The van der Waals surface area contributed by atoms with Gasteiger partial charge in [0.25, 0.3) is 0 Å². The molecule has 0 spiro atoms. The molecule has 2 rings (SSSR count). The maximum Gasteiger partial charge on any atom is 0.142 e. The molecular weight excluding hydrogens is 307 g/mol. The maximum atomic E-state index is 14.2. The van der Waals surface area contributed by atoms with Gasteiger partial charge >= 0.3 is 0 Å². The van der Waals surface area contributed by atoms with Crippen LogP contribution in [0.3, 0.4) is 0 Å². The third kappa shape index (κ3) is 3.27. The van der Waals surface area contributed by atoms with E-state index in [-0.39, 0.29) is 5.82 Å². The fourth-order valence-corrected chi connectivity index (χ4v) is 7.65. The zero-order chi connectivity index (χ0) is 14.4. The predicted octanol–water partition coefficient (Wildman–Crippen LogP) is 4.71. The van der Waals surface area contributed by atoms with Crippen molar-refractivity contribution in [2.24, 2.45) is 0 Å². The van der Waals surface area contributed by atoms with Gasteiger partial charge in [-0.05, 0) is 21.1 Å². The first-order chi connectivity index (χ1) is 8.59. The van der Waals surface area contributed by atoms with Gasteiger partial charge in [0, 0.05) is 4.88 Å². The lowest BCUT2D eigenvalue weighted by molar-refractivity contribution is 0.637. The van der Waals surface area contributed by atoms with Crippen LogP contribution < -0.4 is 9.00 Å². The van der Waals surface area contributed by atoms with Gasteiger partial charge in [0.2, 0.25) is 0 Å². The number of thiophene rings is 2. The normalized spacial score (nSPS) is 13.0. The van der Waals surface area contributed by atoms with Crippen molar-refractivity contribution < 1.29 is 4.39 Å². The molecule has 0 nitrogen and oxygen atoms in total. The highest BCUT2D eigenvalue weighted by Gasteiger charge is 2.24. The van der Waals surface area contributed by atoms with Crippen molar-refractivity contribution in [3.05, 3.63) is 24.0 Å². The van der Waals surface area contributed by atoms with Crippen molar-refractivity contribution in [3.63, 3.8) is 0 Å². The molecule has 0 unspecified atom stereocenters. The molecule has 0 saturated heterocycles. The Morgan fingerprint density at radius 3 is 1.84 bits per heavy atom. The minimum absolute atomic E-state index is 0.0357. The molecule has 2 aromatic rings. The minimum Gasteiger partial charge on any atom is -0.205 e. The van der Waals surface area contributed by atoms with E-state index >= 15 is 0 Å². The summed E-state index contributed by atoms with van der Waals surface area (Å²) >= 11 is 3.43. The second kappa shape index (κ2) is 4.95. The monoisotopic (exact) mass is 328 g/mol. The van der Waals surface area contributed by atoms with Crippen molar-refractivity contribution in [2.45, 2.75) is 39.3 Å². The van der Waals surface area contributed by atoms with E-state index in [1.54, 1.807) is 28.7 Å². The van der Waals surface area contributed by atoms with Crippen LogP contribution in [0.2, 0.25) is 39.3 Å². The zero-order valence-electron chi connectivity index (χ0n) is 12.4. The van der Waals surface area contributed by atoms with Gasteiger partial charge in [-0.1, -0.05) is 45.3 Å². The highest BCUT2D eigenvalue weighted by molar-refractivity contribution is 7.33. The van der Waals surface area contributed by atoms with Crippen LogP contribution in [0, 0.1) is 5.82 Å². The molecule has 0 atom stereocenters. The Kier molecular flexibility index (Phi) is 3.95. The highest BCUT2D eigenvalue weighted by Crippen LogP contribution is 2.32. The fourth-order valence-electron chi connectivity index (χ4n) is 1.77. The Balaban J connectivity index is 2.43. The largest absolute Gasteiger partial charge is 0.205 e. The molecule has 5 heteroatoms. The molecule has 19 heavy (non-hydrogen) atoms. The number of hydrogen-bond acceptors (Lipinski definition) is 2. The van der Waals surface area contributed by atoms with Crippen LogP contribution in [0.25, 0.3) is 9.75 Å². The van der Waals surface area contributed by atoms with Crippen LogP contribution >= 0.6 is 22.7 Å². The number of rotatable bonds is 3. The molecule has 0 radical (unpaired) electrons. The molecule has 0 aromatic carbocycles. The Hall–Kier alpha value is -0.236. The van der Waals surface area contributed by atoms with E-state index < -0.39 is 16.1 Å². The predicted molar refractivity (Wildman–Crippen MR) is 93.6 cm³/mol. The van der Waals surface area contributed by atoms with Gasteiger partial charge in [-0.25, -0.2) is 4.39 Å². The maximum absolute atomic E-state index is 14.2. The lowest BCUT2D eigenvalue weighted by atomic mass is 10.4. The Morgan fingerprint density at radius 2 is 1.42 bits per heavy atom. The van der Waals surface area contributed by atoms with Crippen molar-refractivity contribution in [1.82, 2.24) is 0 Å². The van der Waals surface area contributed by atoms with Gasteiger partial charge in [-0.15, -0.1) is 22.7 Å². The van der Waals surface area contributed by atoms with Crippen LogP contribution in [0.5, 0.6) is 0 Å². The van der Waals surface area contributed by atoms with E-state index in [0.29, 0.717) is 0 Å². The van der Waals surface area contributed by atoms with E-state index in [0.717, 1.165) is 9.75 Å². The summed E-state index contributed by atoms with van der Waals surface area (Å²) in [6, 6.07) is 6.06. The van der Waals surface area contributed by atoms with Gasteiger partial charge in [-0.3, -0.25) is 0 Å². The quantitative estimate of drug-likeness (QED) is 0.716. The third-order valence-electron chi connectivity index (χ3n) is 2.99. The molecule has 0 fully saturated rings. The van der Waals surface area contributed by atoms with Crippen LogP contribution in [0.1, 0.15) is 0 Å². The third-order valence-corrected chi connectivity index (χ3v) is 12.6. The fraction of sp³-hybridized carbons (Fsp3) is 0.429. The van der Waals surface area contributed by atoms with Gasteiger partial charge < -0.3 is 0 Å². The highest BCUT2D eigenvalue weighted by atomic mass is 32.1. The van der Waals surface area contributed by atoms with E-state index in [1.807, 2.05) is 0 Å². The Labute approximate surface area is 125 Å². The van der Waals surface area contributed by atoms with Crippen molar-refractivity contribution in [3.8, 4) is 9.75 Å². The van der Waals surface area contributed by atoms with E-state index in [2.05, 4.69) is 51.4 Å². The molecule has 0 aliphatic rings. The van der Waals surface area contributed by atoms with Crippen molar-refractivity contribution in [1.29, 1.82) is 0 Å². The summed E-state index contributed by atoms with van der Waals surface area (Å²) in [5.74, 6) is -0.0357. The topological polar surface area (TPSA) is 0 Å². The molecule has 0 aliphatic carbocycles. The van der Waals surface area contributed by atoms with Crippen LogP contribution in [-0.2, 0) is 0 Å². The molecule has 0 amide bonds. The average molecular weight is 329 g/mol. The van der Waals surface area contributed by atoms with Crippen molar-refractivity contribution in [2.75, 3.05) is 0 Å². The van der Waals surface area contributed by atoms with Gasteiger partial charge in [0.05, 0.1) is 21.0 Å². The van der Waals surface area contributed by atoms with Gasteiger partial charge in [-0.2, -0.15) is 0 Å². The molecule has 0 bridgehead atoms. The molecule has 0 aliphatic heterocycles. The summed E-state index contributed by atoms with van der Waals surface area (Å²) in [7, 11) is -2.70. The molecule has 2 aromatic heterocycles. The summed E-state index contributed by atoms with van der Waals surface area (Å²) in [4.78, 5) is 1.94. The first kappa shape index (κ1) is 15.2. The summed E-state index contributed by atoms with van der Waals surface area (Å²) < 4.78 is 16.9. The first-order valence-corrected chi connectivity index (χ1v) is 15.1. The Morgan fingerprint density at radius 1 is 0.842 bits per heavy atom. The first-order valence-electron chi connectivity index (χ1n) is 6.49. The molecule has 2 heterocycles. The number of halogens is 1. The van der Waals surface area contributed by atoms with Crippen molar-refractivity contribution >= 4 is 47.8 Å². The van der Waals surface area contributed by atoms with Crippen LogP contribution in [0.15, 0.2) is 18.2 Å². The van der Waals surface area contributed by atoms with Crippen LogP contribution in [-0.4, -0.2) is 16.1 Å². The molecule has 104 valence electrons. The number of hydrogen-bond donors (Lipinski definition) is 0. The summed E-state index contributed by atoms with van der Waals surface area (Å²) in [5, 5.41) is 0. The second-order valence-electron chi connectivity index (χ2n) is 6.95. The lowest BCUT2D eigenvalue weighted by Gasteiger charge is -2.12. The standard InChI is InChI=1S/C14H21FS2Si2/c1-18(2,3)12-8-7-11(16-12)14-10(15)9-13(17-14)19(4,5)6/h7-9H,1-6H3. The minimum atomic E-state index is -1.41.